The second-order valence-corrected chi connectivity index (χ2v) is 9.21. The van der Waals surface area contributed by atoms with Crippen LogP contribution in [0.4, 0.5) is 30.7 Å². The van der Waals surface area contributed by atoms with Gasteiger partial charge in [0, 0.05) is 36.6 Å². The average molecular weight is 616 g/mol. The van der Waals surface area contributed by atoms with Crippen LogP contribution >= 0.6 is 0 Å². The van der Waals surface area contributed by atoms with E-state index >= 15 is 0 Å². The van der Waals surface area contributed by atoms with Crippen molar-refractivity contribution in [3.63, 3.8) is 0 Å². The van der Waals surface area contributed by atoms with E-state index in [4.69, 9.17) is 29.9 Å². The fraction of sp³-hybridized carbons (Fsp3) is 0.296. The van der Waals surface area contributed by atoms with Crippen LogP contribution in [0, 0.1) is 5.82 Å². The maximum absolute atomic E-state index is 13.5. The van der Waals surface area contributed by atoms with Gasteiger partial charge >= 0.3 is 24.3 Å². The van der Waals surface area contributed by atoms with E-state index < -0.39 is 24.3 Å². The molecule has 1 fully saturated rings. The number of hydrogen-bond donors (Lipinski definition) is 2. The summed E-state index contributed by atoms with van der Waals surface area (Å²) in [6.07, 6.45) is -2.43. The van der Waals surface area contributed by atoms with E-state index in [1.165, 1.54) is 17.7 Å². The minimum atomic E-state index is -5.08. The Morgan fingerprint density at radius 1 is 0.860 bits per heavy atom. The molecule has 230 valence electrons. The Hall–Kier alpha value is -4.60. The van der Waals surface area contributed by atoms with Crippen LogP contribution in [0.25, 0.3) is 16.8 Å². The van der Waals surface area contributed by atoms with Crippen LogP contribution in [-0.4, -0.2) is 72.1 Å². The monoisotopic (exact) mass is 615 g/mol. The number of carboxylic acid groups (broad SMARTS) is 2. The van der Waals surface area contributed by atoms with E-state index in [1.54, 1.807) is 6.07 Å². The number of aromatic nitrogens is 4. The number of likely N-dealkylation sites (tertiary alicyclic amines) is 1. The van der Waals surface area contributed by atoms with Crippen molar-refractivity contribution in [2.45, 2.75) is 37.7 Å². The number of hydrogen-bond acceptors (Lipinski definition) is 6. The summed E-state index contributed by atoms with van der Waals surface area (Å²) in [6.45, 7) is 3.04. The highest BCUT2D eigenvalue weighted by Crippen LogP contribution is 2.28. The topological polar surface area (TPSA) is 121 Å². The zero-order valence-corrected chi connectivity index (χ0v) is 22.1. The highest BCUT2D eigenvalue weighted by molar-refractivity contribution is 5.73. The molecule has 0 spiro atoms. The zero-order chi connectivity index (χ0) is 31.8. The molecule has 1 saturated heterocycles. The molecule has 43 heavy (non-hydrogen) atoms. The van der Waals surface area contributed by atoms with Crippen molar-refractivity contribution in [1.29, 1.82) is 0 Å². The van der Waals surface area contributed by atoms with Gasteiger partial charge in [-0.05, 0) is 73.5 Å². The third kappa shape index (κ3) is 10.0. The van der Waals surface area contributed by atoms with Crippen molar-refractivity contribution in [2.75, 3.05) is 13.1 Å². The molecule has 3 aromatic heterocycles. The van der Waals surface area contributed by atoms with Crippen LogP contribution in [0.2, 0.25) is 0 Å². The van der Waals surface area contributed by atoms with E-state index in [0.717, 1.165) is 55.1 Å². The maximum Gasteiger partial charge on any atom is 0.490 e. The van der Waals surface area contributed by atoms with Gasteiger partial charge in [0.05, 0.1) is 0 Å². The summed E-state index contributed by atoms with van der Waals surface area (Å²) < 4.78 is 78.8. The van der Waals surface area contributed by atoms with Crippen molar-refractivity contribution in [3.05, 3.63) is 84.3 Å². The largest absolute Gasteiger partial charge is 0.490 e. The molecule has 0 radical (unpaired) electrons. The Bertz CT molecular complexity index is 1500. The first-order chi connectivity index (χ1) is 20.1. The molecule has 1 aliphatic rings. The number of fused-ring (bicyclic) bond motifs is 1. The number of halogens is 7. The molecular formula is C27H24F7N5O4. The van der Waals surface area contributed by atoms with Crippen molar-refractivity contribution in [2.24, 2.45) is 0 Å². The van der Waals surface area contributed by atoms with Crippen LogP contribution in [0.15, 0.2) is 67.1 Å². The molecule has 16 heteroatoms. The third-order valence-corrected chi connectivity index (χ3v) is 6.10. The first-order valence-electron chi connectivity index (χ1n) is 12.5. The van der Waals surface area contributed by atoms with E-state index in [0.29, 0.717) is 5.92 Å². The predicted octanol–water partition coefficient (Wildman–Crippen LogP) is 5.58. The highest BCUT2D eigenvalue weighted by Gasteiger charge is 2.38. The molecule has 9 nitrogen and oxygen atoms in total. The number of carboxylic acids is 2. The molecular weight excluding hydrogens is 591 g/mol. The van der Waals surface area contributed by atoms with Gasteiger partial charge in [-0.15, -0.1) is 0 Å². The maximum atomic E-state index is 13.5. The number of alkyl halides is 6. The van der Waals surface area contributed by atoms with E-state index in [-0.39, 0.29) is 5.82 Å². The number of carbonyl (C=O) groups is 2. The van der Waals surface area contributed by atoms with Gasteiger partial charge in [-0.3, -0.25) is 9.88 Å². The second kappa shape index (κ2) is 14.0. The summed E-state index contributed by atoms with van der Waals surface area (Å²) in [5, 5.41) is 19.0. The lowest BCUT2D eigenvalue weighted by atomic mass is 9.96. The first-order valence-corrected chi connectivity index (χ1v) is 12.5. The van der Waals surface area contributed by atoms with Gasteiger partial charge in [0.2, 0.25) is 0 Å². The lowest BCUT2D eigenvalue weighted by molar-refractivity contribution is -0.193. The summed E-state index contributed by atoms with van der Waals surface area (Å²) in [5.41, 5.74) is 3.91. The number of piperidine rings is 1. The Morgan fingerprint density at radius 2 is 1.44 bits per heavy atom. The van der Waals surface area contributed by atoms with Crippen molar-refractivity contribution >= 4 is 17.6 Å². The lowest BCUT2D eigenvalue weighted by Gasteiger charge is -2.30. The number of benzene rings is 1. The smallest absolute Gasteiger partial charge is 0.475 e. The summed E-state index contributed by atoms with van der Waals surface area (Å²) >= 11 is 0. The SMILES string of the molecule is Fc1cccc(-c2ccc3nc(C4CCN(Cc5ccncc5)CC4)nn3c2)c1.O=C(O)C(F)(F)F.O=C(O)C(F)(F)F. The Kier molecular flexibility index (Phi) is 10.7. The normalized spacial score (nSPS) is 14.3. The third-order valence-electron chi connectivity index (χ3n) is 6.10. The number of rotatable bonds is 4. The quantitative estimate of drug-likeness (QED) is 0.286. The molecule has 0 unspecified atom stereocenters. The van der Waals surface area contributed by atoms with Gasteiger partial charge in [-0.25, -0.2) is 23.5 Å². The van der Waals surface area contributed by atoms with E-state index in [2.05, 4.69) is 22.0 Å². The first kappa shape index (κ1) is 32.9. The van der Waals surface area contributed by atoms with Crippen molar-refractivity contribution in [1.82, 2.24) is 24.5 Å². The molecule has 5 rings (SSSR count). The molecule has 1 aromatic carbocycles. The van der Waals surface area contributed by atoms with Gasteiger partial charge in [-0.2, -0.15) is 31.4 Å². The fourth-order valence-corrected chi connectivity index (χ4v) is 4.01. The Morgan fingerprint density at radius 3 is 1.98 bits per heavy atom. The van der Waals surface area contributed by atoms with Crippen LogP contribution < -0.4 is 0 Å². The predicted molar refractivity (Wildman–Crippen MR) is 137 cm³/mol. The molecule has 0 atom stereocenters. The summed E-state index contributed by atoms with van der Waals surface area (Å²) in [5.74, 6) is -4.47. The molecule has 0 amide bonds. The molecule has 4 aromatic rings. The molecule has 4 heterocycles. The Balaban J connectivity index is 0.000000303. The van der Waals surface area contributed by atoms with Gasteiger partial charge in [-0.1, -0.05) is 12.1 Å². The van der Waals surface area contributed by atoms with Crippen molar-refractivity contribution < 1.29 is 50.5 Å². The standard InChI is InChI=1S/C23H22FN5.2C2HF3O2/c24-21-3-1-2-19(14-21)20-4-5-22-26-23(27-29(22)16-20)18-8-12-28(13-9-18)15-17-6-10-25-11-7-17;2*3-2(4,5)1(6)7/h1-7,10-11,14,16,18H,8-9,12-13,15H2;2*(H,6,7). The highest BCUT2D eigenvalue weighted by atomic mass is 19.4. The summed E-state index contributed by atoms with van der Waals surface area (Å²) in [4.78, 5) is 29.1. The Labute approximate surface area is 239 Å². The summed E-state index contributed by atoms with van der Waals surface area (Å²) in [7, 11) is 0. The van der Waals surface area contributed by atoms with Crippen LogP contribution in [-0.2, 0) is 16.1 Å². The average Bonchev–Trinajstić information content (AvgIpc) is 3.37. The van der Waals surface area contributed by atoms with Crippen LogP contribution in [0.3, 0.4) is 0 Å². The molecule has 2 N–H and O–H groups in total. The van der Waals surface area contributed by atoms with Crippen LogP contribution in [0.5, 0.6) is 0 Å². The second-order valence-electron chi connectivity index (χ2n) is 9.21. The lowest BCUT2D eigenvalue weighted by Crippen LogP contribution is -2.32. The van der Waals surface area contributed by atoms with Crippen LogP contribution in [0.1, 0.15) is 30.1 Å². The number of nitrogens with zero attached hydrogens (tertiary/aromatic N) is 5. The summed E-state index contributed by atoms with van der Waals surface area (Å²) in [6, 6.07) is 14.7. The molecule has 0 bridgehead atoms. The van der Waals surface area contributed by atoms with Gasteiger partial charge in [0.1, 0.15) is 5.82 Å². The van der Waals surface area contributed by atoms with E-state index in [1.807, 2.05) is 41.3 Å². The van der Waals surface area contributed by atoms with Gasteiger partial charge in [0.15, 0.2) is 11.5 Å². The molecule has 1 aliphatic heterocycles. The fourth-order valence-electron chi connectivity index (χ4n) is 4.01. The number of aliphatic carboxylic acids is 2. The minimum absolute atomic E-state index is 0.236. The molecule has 0 aliphatic carbocycles. The zero-order valence-electron chi connectivity index (χ0n) is 22.1. The van der Waals surface area contributed by atoms with Crippen molar-refractivity contribution in [3.8, 4) is 11.1 Å². The minimum Gasteiger partial charge on any atom is -0.475 e. The van der Waals surface area contributed by atoms with E-state index in [9.17, 15) is 30.7 Å². The molecule has 0 saturated carbocycles. The number of pyridine rings is 2. The van der Waals surface area contributed by atoms with Gasteiger partial charge < -0.3 is 10.2 Å². The van der Waals surface area contributed by atoms with Gasteiger partial charge in [0.25, 0.3) is 0 Å².